The van der Waals surface area contributed by atoms with Crippen LogP contribution >= 0.6 is 0 Å². The molecule has 2 rings (SSSR count). The van der Waals surface area contributed by atoms with Gasteiger partial charge < -0.3 is 23.9 Å². The zero-order chi connectivity index (χ0) is 22.4. The van der Waals surface area contributed by atoms with E-state index in [9.17, 15) is 14.4 Å². The number of hydrogen-bond donors (Lipinski definition) is 1. The monoisotopic (exact) mass is 417 g/mol. The van der Waals surface area contributed by atoms with Crippen molar-refractivity contribution in [1.82, 2.24) is 4.98 Å². The second-order valence-electron chi connectivity index (χ2n) is 6.56. The molecule has 1 heterocycles. The van der Waals surface area contributed by atoms with Crippen LogP contribution in [-0.4, -0.2) is 49.1 Å². The Bertz CT molecular complexity index is 945. The summed E-state index contributed by atoms with van der Waals surface area (Å²) in [7, 11) is 1.27. The average Bonchev–Trinajstić information content (AvgIpc) is 3.02. The Morgan fingerprint density at radius 3 is 2.23 bits per heavy atom. The second kappa shape index (κ2) is 9.96. The second-order valence-corrected chi connectivity index (χ2v) is 6.56. The van der Waals surface area contributed by atoms with Crippen molar-refractivity contribution in [1.29, 1.82) is 0 Å². The summed E-state index contributed by atoms with van der Waals surface area (Å²) < 4.78 is 21.1. The number of rotatable bonds is 9. The quantitative estimate of drug-likeness (QED) is 0.491. The number of aromatic nitrogens is 1. The van der Waals surface area contributed by atoms with Gasteiger partial charge in [-0.2, -0.15) is 0 Å². The topological polar surface area (TPSA) is 104 Å². The first-order valence-corrected chi connectivity index (χ1v) is 9.67. The lowest BCUT2D eigenvalue weighted by Gasteiger charge is -2.14. The van der Waals surface area contributed by atoms with Crippen LogP contribution in [0.2, 0.25) is 0 Å². The van der Waals surface area contributed by atoms with E-state index in [0.29, 0.717) is 41.5 Å². The Labute approximate surface area is 175 Å². The number of hydrogen-bond acceptors (Lipinski definition) is 7. The highest BCUT2D eigenvalue weighted by molar-refractivity contribution is 6.04. The number of nitrogens with one attached hydrogen (secondary N) is 1. The third-order valence-corrected chi connectivity index (χ3v) is 4.51. The van der Waals surface area contributed by atoms with Gasteiger partial charge in [-0.25, -0.2) is 9.59 Å². The highest BCUT2D eigenvalue weighted by atomic mass is 16.5. The van der Waals surface area contributed by atoms with Gasteiger partial charge in [0, 0.05) is 5.69 Å². The third-order valence-electron chi connectivity index (χ3n) is 4.51. The molecule has 1 N–H and O–H groups in total. The molecule has 162 valence electrons. The summed E-state index contributed by atoms with van der Waals surface area (Å²) in [5.74, 6) is -0.717. The molecule has 0 saturated carbocycles. The molecule has 0 aliphatic carbocycles. The average molecular weight is 417 g/mol. The van der Waals surface area contributed by atoms with Gasteiger partial charge in [0.1, 0.15) is 0 Å². The maximum atomic E-state index is 12.8. The molecule has 8 heteroatoms. The van der Waals surface area contributed by atoms with E-state index in [0.717, 1.165) is 0 Å². The van der Waals surface area contributed by atoms with Crippen LogP contribution in [0.4, 0.5) is 0 Å². The van der Waals surface area contributed by atoms with Gasteiger partial charge in [0.15, 0.2) is 17.6 Å². The minimum atomic E-state index is -1.07. The van der Waals surface area contributed by atoms with Crippen LogP contribution < -0.4 is 9.47 Å². The zero-order valence-electron chi connectivity index (χ0n) is 18.1. The van der Waals surface area contributed by atoms with E-state index in [-0.39, 0.29) is 11.3 Å². The standard InChI is InChI=1S/C22H27NO7/c1-7-28-16-10-9-15(11-17(16)29-8-2)21(25)30-14(5)20(24)19-12(3)18(13(4)23-19)22(26)27-6/h9-11,14,23H,7-8H2,1-6H3/t14-/m1/s1. The van der Waals surface area contributed by atoms with Crippen molar-refractivity contribution in [3.8, 4) is 11.5 Å². The Balaban J connectivity index is 2.21. The number of methoxy groups -OCH3 is 1. The van der Waals surface area contributed by atoms with Crippen LogP contribution in [0.15, 0.2) is 18.2 Å². The lowest BCUT2D eigenvalue weighted by Crippen LogP contribution is -2.25. The normalized spacial score (nSPS) is 11.5. The summed E-state index contributed by atoms with van der Waals surface area (Å²) in [6.07, 6.45) is -1.07. The fraction of sp³-hybridized carbons (Fsp3) is 0.409. The molecule has 0 amide bonds. The largest absolute Gasteiger partial charge is 0.490 e. The molecule has 1 atom stereocenters. The molecular formula is C22H27NO7. The lowest BCUT2D eigenvalue weighted by molar-refractivity contribution is 0.0316. The number of benzene rings is 1. The Morgan fingerprint density at radius 2 is 1.63 bits per heavy atom. The SMILES string of the molecule is CCOc1ccc(C(=O)O[C@H](C)C(=O)c2[nH]c(C)c(C(=O)OC)c2C)cc1OCC. The first-order chi connectivity index (χ1) is 14.2. The molecule has 0 radical (unpaired) electrons. The summed E-state index contributed by atoms with van der Waals surface area (Å²) >= 11 is 0. The summed E-state index contributed by atoms with van der Waals surface area (Å²) in [6.45, 7) is 9.32. The summed E-state index contributed by atoms with van der Waals surface area (Å²) in [4.78, 5) is 40.2. The van der Waals surface area contributed by atoms with Crippen LogP contribution in [-0.2, 0) is 9.47 Å². The molecule has 0 spiro atoms. The molecule has 0 aliphatic heterocycles. The predicted molar refractivity (Wildman–Crippen MR) is 110 cm³/mol. The molecule has 30 heavy (non-hydrogen) atoms. The Kier molecular flexibility index (Phi) is 7.63. The first-order valence-electron chi connectivity index (χ1n) is 9.67. The first kappa shape index (κ1) is 23.0. The van der Waals surface area contributed by atoms with Crippen molar-refractivity contribution >= 4 is 17.7 Å². The van der Waals surface area contributed by atoms with Crippen LogP contribution in [0.3, 0.4) is 0 Å². The van der Waals surface area contributed by atoms with E-state index in [2.05, 4.69) is 4.98 Å². The summed E-state index contributed by atoms with van der Waals surface area (Å²) in [6, 6.07) is 4.69. The molecule has 0 aliphatic rings. The molecule has 8 nitrogen and oxygen atoms in total. The number of carbonyl (C=O) groups excluding carboxylic acids is 3. The van der Waals surface area contributed by atoms with E-state index in [4.69, 9.17) is 18.9 Å². The van der Waals surface area contributed by atoms with Gasteiger partial charge in [0.05, 0.1) is 37.1 Å². The predicted octanol–water partition coefficient (Wildman–Crippen LogP) is 3.64. The lowest BCUT2D eigenvalue weighted by atomic mass is 10.1. The number of carbonyl (C=O) groups is 3. The van der Waals surface area contributed by atoms with Crippen molar-refractivity contribution in [3.05, 3.63) is 46.3 Å². The molecule has 0 fully saturated rings. The van der Waals surface area contributed by atoms with Crippen LogP contribution in [0.5, 0.6) is 11.5 Å². The Hall–Kier alpha value is -3.29. The van der Waals surface area contributed by atoms with Crippen LogP contribution in [0, 0.1) is 13.8 Å². The fourth-order valence-corrected chi connectivity index (χ4v) is 3.07. The van der Waals surface area contributed by atoms with Gasteiger partial charge >= 0.3 is 11.9 Å². The van der Waals surface area contributed by atoms with E-state index in [1.54, 1.807) is 26.0 Å². The van der Waals surface area contributed by atoms with Gasteiger partial charge in [0.2, 0.25) is 5.78 Å². The molecule has 0 bridgehead atoms. The molecular weight excluding hydrogens is 390 g/mol. The smallest absolute Gasteiger partial charge is 0.339 e. The number of H-pyrrole nitrogens is 1. The van der Waals surface area contributed by atoms with Crippen LogP contribution in [0.1, 0.15) is 63.2 Å². The van der Waals surface area contributed by atoms with Crippen molar-refractivity contribution < 1.29 is 33.3 Å². The van der Waals surface area contributed by atoms with Gasteiger partial charge in [-0.3, -0.25) is 4.79 Å². The molecule has 2 aromatic rings. The highest BCUT2D eigenvalue weighted by Crippen LogP contribution is 2.29. The number of aryl methyl sites for hydroxylation is 1. The van der Waals surface area contributed by atoms with Gasteiger partial charge in [-0.1, -0.05) is 0 Å². The maximum absolute atomic E-state index is 12.8. The minimum Gasteiger partial charge on any atom is -0.490 e. The Morgan fingerprint density at radius 1 is 1.00 bits per heavy atom. The minimum absolute atomic E-state index is 0.204. The highest BCUT2D eigenvalue weighted by Gasteiger charge is 2.28. The van der Waals surface area contributed by atoms with Crippen LogP contribution in [0.25, 0.3) is 0 Å². The maximum Gasteiger partial charge on any atom is 0.339 e. The number of ketones is 1. The van der Waals surface area contributed by atoms with Gasteiger partial charge in [0.25, 0.3) is 0 Å². The van der Waals surface area contributed by atoms with Gasteiger partial charge in [-0.15, -0.1) is 0 Å². The van der Waals surface area contributed by atoms with Gasteiger partial charge in [-0.05, 0) is 58.4 Å². The van der Waals surface area contributed by atoms with Crippen molar-refractivity contribution in [2.75, 3.05) is 20.3 Å². The van der Waals surface area contributed by atoms with Crippen molar-refractivity contribution in [2.45, 2.75) is 40.7 Å². The summed E-state index contributed by atoms with van der Waals surface area (Å²) in [5, 5.41) is 0. The van der Waals surface area contributed by atoms with E-state index in [1.807, 2.05) is 13.8 Å². The third kappa shape index (κ3) is 4.82. The summed E-state index contributed by atoms with van der Waals surface area (Å²) in [5.41, 5.74) is 1.69. The van der Waals surface area contributed by atoms with Crippen molar-refractivity contribution in [3.63, 3.8) is 0 Å². The van der Waals surface area contributed by atoms with E-state index < -0.39 is 23.8 Å². The molecule has 1 aromatic carbocycles. The fourth-order valence-electron chi connectivity index (χ4n) is 3.07. The number of aromatic amines is 1. The zero-order valence-corrected chi connectivity index (χ0v) is 18.1. The van der Waals surface area contributed by atoms with E-state index >= 15 is 0 Å². The number of esters is 2. The number of Topliss-reactive ketones (excluding diaryl/α,β-unsaturated/α-hetero) is 1. The molecule has 0 saturated heterocycles. The van der Waals surface area contributed by atoms with Crippen molar-refractivity contribution in [2.24, 2.45) is 0 Å². The molecule has 0 unspecified atom stereocenters. The van der Waals surface area contributed by atoms with E-state index in [1.165, 1.54) is 20.1 Å². The number of ether oxygens (including phenoxy) is 4. The molecule has 1 aromatic heterocycles.